The number of nitrogens with zero attached hydrogens (tertiary/aromatic N) is 1. The number of carboxylic acid groups (broad SMARTS) is 1. The van der Waals surface area contributed by atoms with E-state index in [1.807, 2.05) is 0 Å². The number of carbonyl (C=O) groups is 1. The molecule has 1 N–H and O–H groups in total. The third-order valence-corrected chi connectivity index (χ3v) is 5.28. The molecule has 1 unspecified atom stereocenters. The third-order valence-electron chi connectivity index (χ3n) is 3.31. The lowest BCUT2D eigenvalue weighted by Crippen LogP contribution is -2.46. The number of hydrogen-bond acceptors (Lipinski definition) is 3. The van der Waals surface area contributed by atoms with Gasteiger partial charge in [0.15, 0.2) is 0 Å². The van der Waals surface area contributed by atoms with Gasteiger partial charge in [0, 0.05) is 12.6 Å². The average Bonchev–Trinajstić information content (AvgIpc) is 2.97. The van der Waals surface area contributed by atoms with E-state index in [-0.39, 0.29) is 24.1 Å². The molecule has 92 valence electrons. The lowest BCUT2D eigenvalue weighted by atomic mass is 10.1. The van der Waals surface area contributed by atoms with Crippen LogP contribution >= 0.6 is 0 Å². The summed E-state index contributed by atoms with van der Waals surface area (Å²) in [7, 11) is -3.20. The molecule has 0 radical (unpaired) electrons. The second kappa shape index (κ2) is 4.33. The van der Waals surface area contributed by atoms with E-state index < -0.39 is 16.0 Å². The standard InChI is InChI=1S/C10H17NO4S/c12-10(13)7-9(8-3-4-8)11-5-1-2-6-16(11,14)15/h8-9H,1-7H2,(H,12,13). The Labute approximate surface area is 95.5 Å². The van der Waals surface area contributed by atoms with Crippen LogP contribution in [0.1, 0.15) is 32.1 Å². The Morgan fingerprint density at radius 3 is 2.56 bits per heavy atom. The van der Waals surface area contributed by atoms with E-state index in [0.717, 1.165) is 19.3 Å². The lowest BCUT2D eigenvalue weighted by molar-refractivity contribution is -0.138. The van der Waals surface area contributed by atoms with Crippen molar-refractivity contribution < 1.29 is 18.3 Å². The van der Waals surface area contributed by atoms with E-state index in [4.69, 9.17) is 5.11 Å². The van der Waals surface area contributed by atoms with Crippen molar-refractivity contribution in [2.24, 2.45) is 5.92 Å². The Kier molecular flexibility index (Phi) is 3.21. The number of aliphatic carboxylic acids is 1. The monoisotopic (exact) mass is 247 g/mol. The highest BCUT2D eigenvalue weighted by atomic mass is 32.2. The molecule has 2 fully saturated rings. The van der Waals surface area contributed by atoms with E-state index in [1.54, 1.807) is 0 Å². The van der Waals surface area contributed by atoms with Crippen molar-refractivity contribution >= 4 is 16.0 Å². The van der Waals surface area contributed by atoms with Crippen molar-refractivity contribution in [3.63, 3.8) is 0 Å². The Hall–Kier alpha value is -0.620. The minimum atomic E-state index is -3.20. The maximum atomic E-state index is 11.9. The van der Waals surface area contributed by atoms with Crippen LogP contribution in [0.5, 0.6) is 0 Å². The fourth-order valence-electron chi connectivity index (χ4n) is 2.34. The highest BCUT2D eigenvalue weighted by Crippen LogP contribution is 2.38. The Morgan fingerprint density at radius 1 is 1.38 bits per heavy atom. The number of carboxylic acids is 1. The SMILES string of the molecule is O=C(O)CC(C1CC1)N1CCCCS1(=O)=O. The molecule has 0 bridgehead atoms. The molecule has 5 nitrogen and oxygen atoms in total. The molecule has 0 aromatic heterocycles. The fraction of sp³-hybridized carbons (Fsp3) is 0.900. The number of sulfonamides is 1. The van der Waals surface area contributed by atoms with Crippen LogP contribution in [0.4, 0.5) is 0 Å². The van der Waals surface area contributed by atoms with Crippen LogP contribution in [0.25, 0.3) is 0 Å². The molecule has 2 aliphatic rings. The van der Waals surface area contributed by atoms with Gasteiger partial charge in [-0.2, -0.15) is 4.31 Å². The smallest absolute Gasteiger partial charge is 0.304 e. The van der Waals surface area contributed by atoms with E-state index in [0.29, 0.717) is 13.0 Å². The van der Waals surface area contributed by atoms with Gasteiger partial charge >= 0.3 is 5.97 Å². The van der Waals surface area contributed by atoms with Gasteiger partial charge in [-0.05, 0) is 31.6 Å². The molecule has 0 aromatic carbocycles. The summed E-state index contributed by atoms with van der Waals surface area (Å²) in [5.41, 5.74) is 0. The summed E-state index contributed by atoms with van der Waals surface area (Å²) < 4.78 is 25.2. The first-order chi connectivity index (χ1) is 7.50. The average molecular weight is 247 g/mol. The zero-order valence-electron chi connectivity index (χ0n) is 9.13. The highest BCUT2D eigenvalue weighted by molar-refractivity contribution is 7.89. The van der Waals surface area contributed by atoms with Gasteiger partial charge in [0.25, 0.3) is 0 Å². The molecular formula is C10H17NO4S. The molecule has 0 aromatic rings. The Balaban J connectivity index is 2.14. The minimum Gasteiger partial charge on any atom is -0.481 e. The summed E-state index contributed by atoms with van der Waals surface area (Å²) in [6, 6.07) is -0.303. The van der Waals surface area contributed by atoms with Crippen molar-refractivity contribution in [2.45, 2.75) is 38.1 Å². The summed E-state index contributed by atoms with van der Waals surface area (Å²) in [6.07, 6.45) is 3.42. The molecular weight excluding hydrogens is 230 g/mol. The summed E-state index contributed by atoms with van der Waals surface area (Å²) in [5.74, 6) is -0.461. The summed E-state index contributed by atoms with van der Waals surface area (Å²) in [4.78, 5) is 10.8. The summed E-state index contributed by atoms with van der Waals surface area (Å²) in [5, 5.41) is 8.84. The van der Waals surface area contributed by atoms with Crippen LogP contribution in [-0.2, 0) is 14.8 Å². The van der Waals surface area contributed by atoms with Crippen LogP contribution in [-0.4, -0.2) is 42.1 Å². The van der Waals surface area contributed by atoms with E-state index in [1.165, 1.54) is 4.31 Å². The van der Waals surface area contributed by atoms with Crippen molar-refractivity contribution in [3.05, 3.63) is 0 Å². The van der Waals surface area contributed by atoms with Crippen LogP contribution in [0, 0.1) is 5.92 Å². The zero-order valence-corrected chi connectivity index (χ0v) is 9.95. The molecule has 2 rings (SSSR count). The summed E-state index contributed by atoms with van der Waals surface area (Å²) >= 11 is 0. The predicted octanol–water partition coefficient (Wildman–Crippen LogP) is 0.665. The molecule has 0 amide bonds. The maximum absolute atomic E-state index is 11.9. The molecule has 0 spiro atoms. The van der Waals surface area contributed by atoms with Gasteiger partial charge in [0.1, 0.15) is 0 Å². The first kappa shape index (κ1) is 11.9. The van der Waals surface area contributed by atoms with Gasteiger partial charge in [0.05, 0.1) is 12.2 Å². The van der Waals surface area contributed by atoms with Gasteiger partial charge < -0.3 is 5.11 Å². The fourth-order valence-corrected chi connectivity index (χ4v) is 4.21. The van der Waals surface area contributed by atoms with E-state index >= 15 is 0 Å². The van der Waals surface area contributed by atoms with Gasteiger partial charge in [-0.1, -0.05) is 0 Å². The Bertz CT molecular complexity index is 374. The zero-order chi connectivity index (χ0) is 11.8. The van der Waals surface area contributed by atoms with Crippen LogP contribution in [0.2, 0.25) is 0 Å². The number of hydrogen-bond donors (Lipinski definition) is 1. The van der Waals surface area contributed by atoms with Crippen LogP contribution < -0.4 is 0 Å². The molecule has 1 saturated carbocycles. The maximum Gasteiger partial charge on any atom is 0.304 e. The summed E-state index contributed by atoms with van der Waals surface area (Å²) in [6.45, 7) is 0.497. The van der Waals surface area contributed by atoms with Crippen molar-refractivity contribution in [1.29, 1.82) is 0 Å². The first-order valence-electron chi connectivity index (χ1n) is 5.72. The van der Waals surface area contributed by atoms with Gasteiger partial charge in [-0.25, -0.2) is 8.42 Å². The first-order valence-corrected chi connectivity index (χ1v) is 7.33. The molecule has 1 aliphatic carbocycles. The largest absolute Gasteiger partial charge is 0.481 e. The van der Waals surface area contributed by atoms with Crippen LogP contribution in [0.3, 0.4) is 0 Å². The lowest BCUT2D eigenvalue weighted by Gasteiger charge is -2.33. The van der Waals surface area contributed by atoms with Gasteiger partial charge in [-0.15, -0.1) is 0 Å². The molecule has 1 aliphatic heterocycles. The van der Waals surface area contributed by atoms with Crippen molar-refractivity contribution in [3.8, 4) is 0 Å². The minimum absolute atomic E-state index is 0.0517. The predicted molar refractivity (Wildman–Crippen MR) is 58.5 cm³/mol. The number of rotatable bonds is 4. The third kappa shape index (κ3) is 2.55. The highest BCUT2D eigenvalue weighted by Gasteiger charge is 2.42. The second-order valence-electron chi connectivity index (χ2n) is 4.64. The van der Waals surface area contributed by atoms with E-state index in [9.17, 15) is 13.2 Å². The molecule has 16 heavy (non-hydrogen) atoms. The van der Waals surface area contributed by atoms with Crippen molar-refractivity contribution in [1.82, 2.24) is 4.31 Å². The Morgan fingerprint density at radius 2 is 2.06 bits per heavy atom. The van der Waals surface area contributed by atoms with Gasteiger partial charge in [-0.3, -0.25) is 4.79 Å². The molecule has 1 atom stereocenters. The second-order valence-corrected chi connectivity index (χ2v) is 6.68. The van der Waals surface area contributed by atoms with Crippen LogP contribution in [0.15, 0.2) is 0 Å². The van der Waals surface area contributed by atoms with Gasteiger partial charge in [0.2, 0.25) is 10.0 Å². The normalized spacial score (nSPS) is 27.5. The molecule has 1 heterocycles. The molecule has 6 heteroatoms. The van der Waals surface area contributed by atoms with E-state index in [2.05, 4.69) is 0 Å². The van der Waals surface area contributed by atoms with Crippen molar-refractivity contribution in [2.75, 3.05) is 12.3 Å². The quantitative estimate of drug-likeness (QED) is 0.792. The topological polar surface area (TPSA) is 74.7 Å². The molecule has 1 saturated heterocycles.